The molecule has 0 aliphatic rings. The molecular weight excluding hydrogens is 296 g/mol. The number of amides is 2. The van der Waals surface area contributed by atoms with Crippen LogP contribution in [0.2, 0.25) is 5.02 Å². The van der Waals surface area contributed by atoms with Crippen molar-refractivity contribution in [1.82, 2.24) is 5.32 Å². The largest absolute Gasteiger partial charge is 0.475 e. The number of urea groups is 1. The third-order valence-electron chi connectivity index (χ3n) is 2.81. The zero-order valence-corrected chi connectivity index (χ0v) is 11.9. The van der Waals surface area contributed by atoms with E-state index in [-0.39, 0.29) is 12.3 Å². The second-order valence-electron chi connectivity index (χ2n) is 4.29. The molecule has 7 heteroatoms. The fourth-order valence-electron chi connectivity index (χ4n) is 1.66. The highest BCUT2D eigenvalue weighted by atomic mass is 35.5. The van der Waals surface area contributed by atoms with E-state index in [1.165, 1.54) is 12.1 Å². The van der Waals surface area contributed by atoms with Gasteiger partial charge in [-0.25, -0.2) is 9.59 Å². The van der Waals surface area contributed by atoms with Gasteiger partial charge in [0.25, 0.3) is 0 Å². The molecule has 0 saturated heterocycles. The number of carbonyl (C=O) groups excluding carboxylic acids is 1. The molecule has 2 amide bonds. The summed E-state index contributed by atoms with van der Waals surface area (Å²) in [4.78, 5) is 22.4. The van der Waals surface area contributed by atoms with Gasteiger partial charge in [0.15, 0.2) is 0 Å². The van der Waals surface area contributed by atoms with Crippen LogP contribution in [0.15, 0.2) is 34.7 Å². The average Bonchev–Trinajstić information content (AvgIpc) is 2.91. The summed E-state index contributed by atoms with van der Waals surface area (Å²) in [5.74, 6) is -0.969. The number of carboxylic acid groups (broad SMARTS) is 1. The lowest BCUT2D eigenvalue weighted by atomic mass is 10.2. The van der Waals surface area contributed by atoms with Crippen molar-refractivity contribution in [2.24, 2.45) is 0 Å². The lowest BCUT2D eigenvalue weighted by Crippen LogP contribution is -2.28. The Morgan fingerprint density at radius 2 is 2.05 bits per heavy atom. The number of halogens is 1. The van der Waals surface area contributed by atoms with Crippen molar-refractivity contribution in [2.45, 2.75) is 13.5 Å². The van der Waals surface area contributed by atoms with Crippen molar-refractivity contribution >= 4 is 29.3 Å². The number of nitrogens with one attached hydrogen (secondary N) is 2. The number of carboxylic acids is 1. The molecule has 0 saturated carbocycles. The van der Waals surface area contributed by atoms with Crippen molar-refractivity contribution in [2.75, 3.05) is 5.32 Å². The third-order valence-corrected chi connectivity index (χ3v) is 3.22. The van der Waals surface area contributed by atoms with Gasteiger partial charge in [0, 0.05) is 10.7 Å². The van der Waals surface area contributed by atoms with Crippen LogP contribution in [0.4, 0.5) is 10.5 Å². The highest BCUT2D eigenvalue weighted by Crippen LogP contribution is 2.22. The van der Waals surface area contributed by atoms with E-state index in [0.29, 0.717) is 16.5 Å². The quantitative estimate of drug-likeness (QED) is 0.808. The summed E-state index contributed by atoms with van der Waals surface area (Å²) in [5, 5.41) is 14.5. The van der Waals surface area contributed by atoms with Gasteiger partial charge in [-0.2, -0.15) is 0 Å². The molecule has 0 unspecified atom stereocenters. The van der Waals surface area contributed by atoms with Gasteiger partial charge in [0.05, 0.1) is 6.54 Å². The van der Waals surface area contributed by atoms with E-state index in [1.54, 1.807) is 25.1 Å². The van der Waals surface area contributed by atoms with Crippen LogP contribution in [0, 0.1) is 6.92 Å². The fraction of sp³-hybridized carbons (Fsp3) is 0.143. The number of benzene rings is 1. The van der Waals surface area contributed by atoms with Crippen LogP contribution >= 0.6 is 11.6 Å². The van der Waals surface area contributed by atoms with Gasteiger partial charge >= 0.3 is 12.0 Å². The molecule has 21 heavy (non-hydrogen) atoms. The van der Waals surface area contributed by atoms with Gasteiger partial charge in [-0.1, -0.05) is 17.7 Å². The van der Waals surface area contributed by atoms with Gasteiger partial charge in [-0.05, 0) is 36.8 Å². The van der Waals surface area contributed by atoms with Gasteiger partial charge < -0.3 is 20.2 Å². The molecule has 110 valence electrons. The molecule has 2 aromatic rings. The van der Waals surface area contributed by atoms with E-state index >= 15 is 0 Å². The maximum atomic E-state index is 11.8. The summed E-state index contributed by atoms with van der Waals surface area (Å²) in [5.41, 5.74) is 1.37. The van der Waals surface area contributed by atoms with Crippen molar-refractivity contribution in [3.63, 3.8) is 0 Å². The SMILES string of the molecule is Cc1c(Cl)cccc1NC(=O)NCc1ccc(C(=O)O)o1. The molecule has 0 atom stereocenters. The third kappa shape index (κ3) is 3.76. The minimum Gasteiger partial charge on any atom is -0.475 e. The van der Waals surface area contributed by atoms with Gasteiger partial charge in [0.1, 0.15) is 5.76 Å². The molecule has 0 fully saturated rings. The molecule has 0 aliphatic heterocycles. The highest BCUT2D eigenvalue weighted by molar-refractivity contribution is 6.31. The van der Waals surface area contributed by atoms with Gasteiger partial charge in [-0.3, -0.25) is 0 Å². The summed E-state index contributed by atoms with van der Waals surface area (Å²) in [6.45, 7) is 1.88. The van der Waals surface area contributed by atoms with E-state index in [2.05, 4.69) is 10.6 Å². The van der Waals surface area contributed by atoms with Gasteiger partial charge in [-0.15, -0.1) is 0 Å². The predicted molar refractivity (Wildman–Crippen MR) is 77.7 cm³/mol. The van der Waals surface area contributed by atoms with Crippen LogP contribution in [-0.4, -0.2) is 17.1 Å². The van der Waals surface area contributed by atoms with Crippen LogP contribution in [0.1, 0.15) is 21.9 Å². The summed E-state index contributed by atoms with van der Waals surface area (Å²) < 4.78 is 5.03. The van der Waals surface area contributed by atoms with E-state index in [0.717, 1.165) is 5.56 Å². The monoisotopic (exact) mass is 308 g/mol. The van der Waals surface area contributed by atoms with Crippen molar-refractivity contribution in [1.29, 1.82) is 0 Å². The molecule has 0 aliphatic carbocycles. The maximum absolute atomic E-state index is 11.8. The molecule has 2 rings (SSSR count). The first kappa shape index (κ1) is 14.9. The molecule has 3 N–H and O–H groups in total. The second kappa shape index (κ2) is 6.32. The van der Waals surface area contributed by atoms with E-state index in [1.807, 2.05) is 0 Å². The Morgan fingerprint density at radius 1 is 1.29 bits per heavy atom. The normalized spacial score (nSPS) is 10.2. The fourth-order valence-corrected chi connectivity index (χ4v) is 1.84. The average molecular weight is 309 g/mol. The number of aromatic carboxylic acids is 1. The number of anilines is 1. The molecule has 1 heterocycles. The van der Waals surface area contributed by atoms with Crippen molar-refractivity contribution in [3.05, 3.63) is 52.4 Å². The first-order valence-corrected chi connectivity index (χ1v) is 6.47. The zero-order valence-electron chi connectivity index (χ0n) is 11.1. The summed E-state index contributed by atoms with van der Waals surface area (Å²) >= 11 is 5.96. The molecule has 1 aromatic carbocycles. The molecule has 0 spiro atoms. The molecule has 6 nitrogen and oxygen atoms in total. The summed E-state index contributed by atoms with van der Waals surface area (Å²) in [6.07, 6.45) is 0. The van der Waals surface area contributed by atoms with E-state index in [9.17, 15) is 9.59 Å². The number of carbonyl (C=O) groups is 2. The number of hydrogen-bond acceptors (Lipinski definition) is 3. The zero-order chi connectivity index (χ0) is 15.4. The van der Waals surface area contributed by atoms with Crippen LogP contribution in [0.5, 0.6) is 0 Å². The highest BCUT2D eigenvalue weighted by Gasteiger charge is 2.10. The smallest absolute Gasteiger partial charge is 0.371 e. The van der Waals surface area contributed by atoms with Crippen molar-refractivity contribution < 1.29 is 19.1 Å². The van der Waals surface area contributed by atoms with Crippen LogP contribution in [0.3, 0.4) is 0 Å². The minimum atomic E-state index is -1.15. The Kier molecular flexibility index (Phi) is 4.49. The number of furan rings is 1. The Balaban J connectivity index is 1.92. The summed E-state index contributed by atoms with van der Waals surface area (Å²) in [7, 11) is 0. The molecule has 0 radical (unpaired) electrons. The minimum absolute atomic E-state index is 0.0821. The van der Waals surface area contributed by atoms with Gasteiger partial charge in [0.2, 0.25) is 5.76 Å². The molecular formula is C14H13ClN2O4. The Bertz CT molecular complexity index is 681. The first-order chi connectivity index (χ1) is 9.97. The predicted octanol–water partition coefficient (Wildman–Crippen LogP) is 3.26. The topological polar surface area (TPSA) is 91.6 Å². The van der Waals surface area contributed by atoms with E-state index < -0.39 is 12.0 Å². The molecule has 0 bridgehead atoms. The lowest BCUT2D eigenvalue weighted by Gasteiger charge is -2.10. The van der Waals surface area contributed by atoms with Crippen LogP contribution < -0.4 is 10.6 Å². The van der Waals surface area contributed by atoms with E-state index in [4.69, 9.17) is 21.1 Å². The molecule has 1 aromatic heterocycles. The number of rotatable bonds is 4. The second-order valence-corrected chi connectivity index (χ2v) is 4.70. The summed E-state index contributed by atoms with van der Waals surface area (Å²) in [6, 6.07) is 7.59. The standard InChI is InChI=1S/C14H13ClN2O4/c1-8-10(15)3-2-4-11(8)17-14(20)16-7-9-5-6-12(21-9)13(18)19/h2-6H,7H2,1H3,(H,18,19)(H2,16,17,20). The number of hydrogen-bond donors (Lipinski definition) is 3. The van der Waals surface area contributed by atoms with Crippen LogP contribution in [0.25, 0.3) is 0 Å². The maximum Gasteiger partial charge on any atom is 0.371 e. The van der Waals surface area contributed by atoms with Crippen molar-refractivity contribution in [3.8, 4) is 0 Å². The first-order valence-electron chi connectivity index (χ1n) is 6.09. The Labute approximate surface area is 125 Å². The Morgan fingerprint density at radius 3 is 2.71 bits per heavy atom. The Hall–Kier alpha value is -2.47. The van der Waals surface area contributed by atoms with Crippen LogP contribution in [-0.2, 0) is 6.54 Å². The lowest BCUT2D eigenvalue weighted by molar-refractivity contribution is 0.0660.